The molecule has 0 radical (unpaired) electrons. The fraction of sp³-hybridized carbons (Fsp3) is 0.440. The molecule has 0 saturated heterocycles. The third-order valence-electron chi connectivity index (χ3n) is 5.16. The molecule has 2 aromatic carbocycles. The van der Waals surface area contributed by atoms with Crippen LogP contribution >= 0.6 is 0 Å². The van der Waals surface area contributed by atoms with Crippen LogP contribution in [0.2, 0.25) is 0 Å². The normalized spacial score (nSPS) is 11.6. The Hall–Kier alpha value is -3.22. The van der Waals surface area contributed by atoms with E-state index in [1.165, 1.54) is 0 Å². The molecule has 0 aliphatic heterocycles. The lowest BCUT2D eigenvalue weighted by atomic mass is 10.1. The average Bonchev–Trinajstić information content (AvgIpc) is 2.79. The summed E-state index contributed by atoms with van der Waals surface area (Å²) in [7, 11) is 4.77. The summed E-state index contributed by atoms with van der Waals surface area (Å²) in [6.45, 7) is 5.87. The van der Waals surface area contributed by atoms with Crippen molar-refractivity contribution < 1.29 is 23.8 Å². The number of hydrogen-bond acceptors (Lipinski definition) is 5. The lowest BCUT2D eigenvalue weighted by Gasteiger charge is -2.29. The fourth-order valence-corrected chi connectivity index (χ4v) is 3.39. The van der Waals surface area contributed by atoms with Gasteiger partial charge in [0, 0.05) is 19.0 Å². The van der Waals surface area contributed by atoms with E-state index < -0.39 is 6.04 Å². The standard InChI is InChI=1S/C25H34N2O5/c1-17(2)26-25(29)18(3)27(16-20-8-7-9-21(14-20)30-4)24(28)13-11-19-10-12-22(31-5)23(15-19)32-6/h7-10,12,14-15,17-18H,11,13,16H2,1-6H3,(H,26,29)/t18-/m0/s1. The maximum atomic E-state index is 13.2. The van der Waals surface area contributed by atoms with E-state index in [4.69, 9.17) is 14.2 Å². The lowest BCUT2D eigenvalue weighted by Crippen LogP contribution is -2.49. The number of carbonyl (C=O) groups excluding carboxylic acids is 2. The largest absolute Gasteiger partial charge is 0.497 e. The Kier molecular flexibility index (Phi) is 9.38. The molecule has 2 amide bonds. The van der Waals surface area contributed by atoms with Crippen molar-refractivity contribution in [2.75, 3.05) is 21.3 Å². The summed E-state index contributed by atoms with van der Waals surface area (Å²) in [5, 5.41) is 2.90. The molecule has 2 rings (SSSR count). The summed E-state index contributed by atoms with van der Waals surface area (Å²) < 4.78 is 15.9. The van der Waals surface area contributed by atoms with E-state index >= 15 is 0 Å². The molecule has 0 heterocycles. The Morgan fingerprint density at radius 1 is 0.906 bits per heavy atom. The van der Waals surface area contributed by atoms with Crippen LogP contribution in [-0.4, -0.2) is 50.1 Å². The first kappa shape index (κ1) is 25.0. The minimum Gasteiger partial charge on any atom is -0.497 e. The van der Waals surface area contributed by atoms with Crippen molar-refractivity contribution in [1.82, 2.24) is 10.2 Å². The molecule has 1 atom stereocenters. The number of benzene rings is 2. The number of nitrogens with one attached hydrogen (secondary N) is 1. The first-order valence-electron chi connectivity index (χ1n) is 10.7. The summed E-state index contributed by atoms with van der Waals surface area (Å²) >= 11 is 0. The quantitative estimate of drug-likeness (QED) is 0.576. The van der Waals surface area contributed by atoms with Crippen molar-refractivity contribution >= 4 is 11.8 Å². The van der Waals surface area contributed by atoms with Crippen molar-refractivity contribution in [3.63, 3.8) is 0 Å². The molecule has 7 nitrogen and oxygen atoms in total. The van der Waals surface area contributed by atoms with E-state index in [0.29, 0.717) is 30.2 Å². The third-order valence-corrected chi connectivity index (χ3v) is 5.16. The molecule has 1 N–H and O–H groups in total. The van der Waals surface area contributed by atoms with Gasteiger partial charge >= 0.3 is 0 Å². The number of methoxy groups -OCH3 is 3. The molecule has 0 spiro atoms. The predicted octanol–water partition coefficient (Wildman–Crippen LogP) is 3.59. The predicted molar refractivity (Wildman–Crippen MR) is 124 cm³/mol. The Morgan fingerprint density at radius 3 is 2.25 bits per heavy atom. The molecule has 0 aliphatic carbocycles. The zero-order valence-electron chi connectivity index (χ0n) is 19.8. The molecule has 0 fully saturated rings. The molecule has 0 aliphatic rings. The number of aryl methyl sites for hydroxylation is 1. The van der Waals surface area contributed by atoms with Gasteiger partial charge in [-0.1, -0.05) is 18.2 Å². The summed E-state index contributed by atoms with van der Waals surface area (Å²) in [6.07, 6.45) is 0.783. The van der Waals surface area contributed by atoms with Crippen LogP contribution in [0.4, 0.5) is 0 Å². The lowest BCUT2D eigenvalue weighted by molar-refractivity contribution is -0.140. The van der Waals surface area contributed by atoms with Gasteiger partial charge in [0.1, 0.15) is 11.8 Å². The van der Waals surface area contributed by atoms with Crippen LogP contribution in [0, 0.1) is 0 Å². The van der Waals surface area contributed by atoms with E-state index in [0.717, 1.165) is 11.1 Å². The van der Waals surface area contributed by atoms with Gasteiger partial charge in [0.2, 0.25) is 11.8 Å². The zero-order valence-corrected chi connectivity index (χ0v) is 19.8. The first-order valence-corrected chi connectivity index (χ1v) is 10.7. The second-order valence-corrected chi connectivity index (χ2v) is 7.90. The molecule has 7 heteroatoms. The molecule has 174 valence electrons. The zero-order chi connectivity index (χ0) is 23.7. The maximum Gasteiger partial charge on any atom is 0.242 e. The highest BCUT2D eigenvalue weighted by molar-refractivity contribution is 5.87. The topological polar surface area (TPSA) is 77.1 Å². The molecule has 0 bridgehead atoms. The maximum absolute atomic E-state index is 13.2. The van der Waals surface area contributed by atoms with Crippen LogP contribution in [0.1, 0.15) is 38.3 Å². The number of ether oxygens (including phenoxy) is 3. The molecule has 32 heavy (non-hydrogen) atoms. The molecule has 0 aromatic heterocycles. The van der Waals surface area contributed by atoms with Gasteiger partial charge in [-0.3, -0.25) is 9.59 Å². The van der Waals surface area contributed by atoms with Crippen molar-refractivity contribution in [2.24, 2.45) is 0 Å². The smallest absolute Gasteiger partial charge is 0.242 e. The summed E-state index contributed by atoms with van der Waals surface area (Å²) in [5.74, 6) is 1.69. The second kappa shape index (κ2) is 12.0. The van der Waals surface area contributed by atoms with Gasteiger partial charge in [-0.15, -0.1) is 0 Å². The number of carbonyl (C=O) groups is 2. The van der Waals surface area contributed by atoms with E-state index in [-0.39, 0.29) is 24.3 Å². The molecule has 0 unspecified atom stereocenters. The summed E-state index contributed by atoms with van der Waals surface area (Å²) in [5.41, 5.74) is 1.85. The fourth-order valence-electron chi connectivity index (χ4n) is 3.39. The van der Waals surface area contributed by atoms with Crippen LogP contribution in [0.25, 0.3) is 0 Å². The molecule has 0 saturated carbocycles. The van der Waals surface area contributed by atoms with Crippen molar-refractivity contribution in [3.8, 4) is 17.2 Å². The van der Waals surface area contributed by atoms with Crippen LogP contribution in [0.3, 0.4) is 0 Å². The van der Waals surface area contributed by atoms with Gasteiger partial charge in [0.25, 0.3) is 0 Å². The van der Waals surface area contributed by atoms with Crippen LogP contribution in [-0.2, 0) is 22.6 Å². The number of amides is 2. The van der Waals surface area contributed by atoms with Crippen molar-refractivity contribution in [2.45, 2.75) is 52.2 Å². The van der Waals surface area contributed by atoms with Crippen molar-refractivity contribution in [1.29, 1.82) is 0 Å². The Bertz CT molecular complexity index is 913. The van der Waals surface area contributed by atoms with Gasteiger partial charge in [-0.05, 0) is 62.6 Å². The first-order chi connectivity index (χ1) is 15.3. The summed E-state index contributed by atoms with van der Waals surface area (Å²) in [6, 6.07) is 12.5. The Morgan fingerprint density at radius 2 is 1.62 bits per heavy atom. The number of rotatable bonds is 11. The van der Waals surface area contributed by atoms with Gasteiger partial charge in [0.05, 0.1) is 21.3 Å². The van der Waals surface area contributed by atoms with E-state index in [9.17, 15) is 9.59 Å². The van der Waals surface area contributed by atoms with Gasteiger partial charge in [0.15, 0.2) is 11.5 Å². The summed E-state index contributed by atoms with van der Waals surface area (Å²) in [4.78, 5) is 27.5. The third kappa shape index (κ3) is 6.90. The molecular weight excluding hydrogens is 408 g/mol. The Labute approximate surface area is 190 Å². The van der Waals surface area contributed by atoms with Crippen molar-refractivity contribution in [3.05, 3.63) is 53.6 Å². The van der Waals surface area contributed by atoms with Gasteiger partial charge < -0.3 is 24.4 Å². The van der Waals surface area contributed by atoms with Gasteiger partial charge in [-0.2, -0.15) is 0 Å². The van der Waals surface area contributed by atoms with Crippen LogP contribution < -0.4 is 19.5 Å². The SMILES string of the molecule is COc1cccc(CN(C(=O)CCc2ccc(OC)c(OC)c2)[C@@H](C)C(=O)NC(C)C)c1. The minimum absolute atomic E-state index is 0.00881. The van der Waals surface area contributed by atoms with E-state index in [1.54, 1.807) is 33.2 Å². The average molecular weight is 443 g/mol. The minimum atomic E-state index is -0.610. The number of nitrogens with zero attached hydrogens (tertiary/aromatic N) is 1. The number of hydrogen-bond donors (Lipinski definition) is 1. The second-order valence-electron chi connectivity index (χ2n) is 7.90. The van der Waals surface area contributed by atoms with Gasteiger partial charge in [-0.25, -0.2) is 0 Å². The highest BCUT2D eigenvalue weighted by atomic mass is 16.5. The van der Waals surface area contributed by atoms with Crippen LogP contribution in [0.5, 0.6) is 17.2 Å². The highest BCUT2D eigenvalue weighted by Gasteiger charge is 2.26. The molecule has 2 aromatic rings. The van der Waals surface area contributed by atoms with E-state index in [1.807, 2.05) is 56.3 Å². The van der Waals surface area contributed by atoms with Crippen LogP contribution in [0.15, 0.2) is 42.5 Å². The highest BCUT2D eigenvalue weighted by Crippen LogP contribution is 2.28. The molecular formula is C25H34N2O5. The monoisotopic (exact) mass is 442 g/mol. The Balaban J connectivity index is 2.19. The van der Waals surface area contributed by atoms with E-state index in [2.05, 4.69) is 5.32 Å².